The molecule has 0 radical (unpaired) electrons. The molecule has 0 fully saturated rings. The number of amides is 2. The lowest BCUT2D eigenvalue weighted by atomic mass is 10.1. The maximum atomic E-state index is 12.5. The lowest BCUT2D eigenvalue weighted by Gasteiger charge is -2.22. The first-order valence-electron chi connectivity index (χ1n) is 8.89. The third-order valence-electron chi connectivity index (χ3n) is 4.67. The first-order valence-corrected chi connectivity index (χ1v) is 8.89. The van der Waals surface area contributed by atoms with Gasteiger partial charge in [-0.2, -0.15) is 0 Å². The predicted molar refractivity (Wildman–Crippen MR) is 96.6 cm³/mol. The highest BCUT2D eigenvalue weighted by molar-refractivity contribution is 5.74. The van der Waals surface area contributed by atoms with Crippen molar-refractivity contribution in [1.82, 2.24) is 10.2 Å². The van der Waals surface area contributed by atoms with Gasteiger partial charge in [-0.3, -0.25) is 0 Å². The van der Waals surface area contributed by atoms with Crippen LogP contribution in [0.25, 0.3) is 0 Å². The molecule has 136 valence electrons. The molecule has 0 unspecified atom stereocenters. The summed E-state index contributed by atoms with van der Waals surface area (Å²) in [6.07, 6.45) is 0.811. The third kappa shape index (κ3) is 3.40. The quantitative estimate of drug-likeness (QED) is 0.897. The molecule has 0 saturated carbocycles. The van der Waals surface area contributed by atoms with Gasteiger partial charge in [-0.15, -0.1) is 0 Å². The van der Waals surface area contributed by atoms with E-state index in [0.717, 1.165) is 29.2 Å². The Balaban J connectivity index is 1.32. The van der Waals surface area contributed by atoms with Crippen LogP contribution < -0.4 is 19.5 Å². The summed E-state index contributed by atoms with van der Waals surface area (Å²) in [5.74, 6) is 2.40. The van der Waals surface area contributed by atoms with Crippen LogP contribution in [0, 0.1) is 0 Å². The van der Waals surface area contributed by atoms with E-state index in [4.69, 9.17) is 14.2 Å². The number of benzene rings is 2. The van der Waals surface area contributed by atoms with Crippen LogP contribution in [0.1, 0.15) is 18.1 Å². The van der Waals surface area contributed by atoms with E-state index >= 15 is 0 Å². The van der Waals surface area contributed by atoms with E-state index in [-0.39, 0.29) is 18.9 Å². The van der Waals surface area contributed by atoms with Crippen molar-refractivity contribution in [2.75, 3.05) is 19.9 Å². The Morgan fingerprint density at radius 1 is 1.15 bits per heavy atom. The second-order valence-electron chi connectivity index (χ2n) is 6.44. The summed E-state index contributed by atoms with van der Waals surface area (Å²) >= 11 is 0. The second kappa shape index (κ2) is 7.15. The minimum atomic E-state index is -0.0928. The van der Waals surface area contributed by atoms with E-state index in [0.29, 0.717) is 19.6 Å². The van der Waals surface area contributed by atoms with Crippen LogP contribution in [-0.4, -0.2) is 36.9 Å². The average molecular weight is 354 g/mol. The summed E-state index contributed by atoms with van der Waals surface area (Å²) in [5, 5.41) is 2.99. The molecule has 2 aliphatic heterocycles. The molecule has 4 rings (SSSR count). The van der Waals surface area contributed by atoms with E-state index in [9.17, 15) is 4.79 Å². The maximum absolute atomic E-state index is 12.5. The molecule has 6 heteroatoms. The van der Waals surface area contributed by atoms with Gasteiger partial charge in [0.15, 0.2) is 11.5 Å². The zero-order chi connectivity index (χ0) is 17.9. The van der Waals surface area contributed by atoms with Crippen molar-refractivity contribution in [3.63, 3.8) is 0 Å². The lowest BCUT2D eigenvalue weighted by molar-refractivity contribution is 0.173. The topological polar surface area (TPSA) is 60.0 Å². The van der Waals surface area contributed by atoms with Crippen molar-refractivity contribution >= 4 is 6.03 Å². The summed E-state index contributed by atoms with van der Waals surface area (Å²) < 4.78 is 16.6. The molecule has 0 aromatic heterocycles. The highest BCUT2D eigenvalue weighted by Gasteiger charge is 2.23. The largest absolute Gasteiger partial charge is 0.488 e. The molecule has 1 N–H and O–H groups in total. The van der Waals surface area contributed by atoms with Gasteiger partial charge in [-0.25, -0.2) is 4.79 Å². The van der Waals surface area contributed by atoms with Gasteiger partial charge in [0.2, 0.25) is 6.79 Å². The molecule has 2 aromatic carbocycles. The highest BCUT2D eigenvalue weighted by Crippen LogP contribution is 2.33. The molecule has 0 aliphatic carbocycles. The molecule has 0 saturated heterocycles. The van der Waals surface area contributed by atoms with Crippen molar-refractivity contribution in [1.29, 1.82) is 0 Å². The van der Waals surface area contributed by atoms with Gasteiger partial charge in [-0.1, -0.05) is 24.3 Å². The smallest absolute Gasteiger partial charge is 0.317 e. The van der Waals surface area contributed by atoms with Crippen LogP contribution in [0.3, 0.4) is 0 Å². The van der Waals surface area contributed by atoms with Crippen LogP contribution >= 0.6 is 0 Å². The fourth-order valence-corrected chi connectivity index (χ4v) is 3.27. The van der Waals surface area contributed by atoms with Crippen LogP contribution in [0.2, 0.25) is 0 Å². The standard InChI is InChI=1S/C20H22N2O4/c1-2-22(12-14-7-8-18-19(9-14)25-13-24-18)20(23)21-11-16-10-15-5-3-4-6-17(15)26-16/h3-9,16H,2,10-13H2,1H3,(H,21,23)/t16-/m1/s1. The average Bonchev–Trinajstić information content (AvgIpc) is 3.29. The fraction of sp³-hybridized carbons (Fsp3) is 0.350. The Kier molecular flexibility index (Phi) is 4.56. The molecule has 2 heterocycles. The Hall–Kier alpha value is -2.89. The van der Waals surface area contributed by atoms with Gasteiger partial charge in [-0.05, 0) is 36.2 Å². The first kappa shape index (κ1) is 16.6. The van der Waals surface area contributed by atoms with Gasteiger partial charge >= 0.3 is 6.03 Å². The van der Waals surface area contributed by atoms with E-state index in [2.05, 4.69) is 11.4 Å². The minimum Gasteiger partial charge on any atom is -0.488 e. The number of ether oxygens (including phenoxy) is 3. The molecular weight excluding hydrogens is 332 g/mol. The number of hydrogen-bond acceptors (Lipinski definition) is 4. The SMILES string of the molecule is CCN(Cc1ccc2c(c1)OCO2)C(=O)NC[C@H]1Cc2ccccc2O1. The lowest BCUT2D eigenvalue weighted by Crippen LogP contribution is -2.43. The third-order valence-corrected chi connectivity index (χ3v) is 4.67. The zero-order valence-electron chi connectivity index (χ0n) is 14.7. The maximum Gasteiger partial charge on any atom is 0.317 e. The Bertz CT molecular complexity index is 783. The van der Waals surface area contributed by atoms with E-state index in [1.165, 1.54) is 5.56 Å². The minimum absolute atomic E-state index is 0.0133. The van der Waals surface area contributed by atoms with Crippen molar-refractivity contribution in [3.8, 4) is 17.2 Å². The predicted octanol–water partition coefficient (Wildman–Crippen LogP) is 2.95. The number of carbonyl (C=O) groups is 1. The summed E-state index contributed by atoms with van der Waals surface area (Å²) in [6, 6.07) is 13.7. The molecule has 2 aliphatic rings. The molecule has 26 heavy (non-hydrogen) atoms. The van der Waals surface area contributed by atoms with Gasteiger partial charge < -0.3 is 24.4 Å². The van der Waals surface area contributed by atoms with Crippen molar-refractivity contribution in [2.45, 2.75) is 26.0 Å². The summed E-state index contributed by atoms with van der Waals surface area (Å²) in [7, 11) is 0. The Morgan fingerprint density at radius 2 is 2.00 bits per heavy atom. The van der Waals surface area contributed by atoms with E-state index < -0.39 is 0 Å². The zero-order valence-corrected chi connectivity index (χ0v) is 14.7. The highest BCUT2D eigenvalue weighted by atomic mass is 16.7. The second-order valence-corrected chi connectivity index (χ2v) is 6.44. The van der Waals surface area contributed by atoms with Crippen molar-refractivity contribution in [2.24, 2.45) is 0 Å². The fourth-order valence-electron chi connectivity index (χ4n) is 3.27. The van der Waals surface area contributed by atoms with Gasteiger partial charge in [0, 0.05) is 19.5 Å². The van der Waals surface area contributed by atoms with Crippen LogP contribution in [0.5, 0.6) is 17.2 Å². The van der Waals surface area contributed by atoms with Crippen LogP contribution in [-0.2, 0) is 13.0 Å². The number of urea groups is 1. The summed E-state index contributed by atoms with van der Waals surface area (Å²) in [4.78, 5) is 14.3. The molecule has 6 nitrogen and oxygen atoms in total. The van der Waals surface area contributed by atoms with E-state index in [1.54, 1.807) is 4.90 Å². The number of nitrogens with one attached hydrogen (secondary N) is 1. The van der Waals surface area contributed by atoms with Crippen LogP contribution in [0.4, 0.5) is 4.79 Å². The molecule has 0 bridgehead atoms. The van der Waals surface area contributed by atoms with Crippen molar-refractivity contribution in [3.05, 3.63) is 53.6 Å². The number of fused-ring (bicyclic) bond motifs is 2. The molecule has 2 amide bonds. The number of nitrogens with zero attached hydrogens (tertiary/aromatic N) is 1. The van der Waals surface area contributed by atoms with Crippen LogP contribution in [0.15, 0.2) is 42.5 Å². The number of hydrogen-bond donors (Lipinski definition) is 1. The van der Waals surface area contributed by atoms with Gasteiger partial charge in [0.05, 0.1) is 6.54 Å². The molecule has 2 aromatic rings. The Labute approximate surface area is 152 Å². The Morgan fingerprint density at radius 3 is 2.85 bits per heavy atom. The first-order chi connectivity index (χ1) is 12.7. The van der Waals surface area contributed by atoms with Gasteiger partial charge in [0.25, 0.3) is 0 Å². The normalized spacial score (nSPS) is 16.7. The summed E-state index contributed by atoms with van der Waals surface area (Å²) in [5.41, 5.74) is 2.20. The summed E-state index contributed by atoms with van der Waals surface area (Å²) in [6.45, 7) is 3.84. The molecular formula is C20H22N2O4. The number of rotatable bonds is 5. The molecule has 1 atom stereocenters. The molecule has 0 spiro atoms. The number of carbonyl (C=O) groups excluding carboxylic acids is 1. The monoisotopic (exact) mass is 354 g/mol. The van der Waals surface area contributed by atoms with Crippen molar-refractivity contribution < 1.29 is 19.0 Å². The van der Waals surface area contributed by atoms with Gasteiger partial charge in [0.1, 0.15) is 11.9 Å². The number of para-hydroxylation sites is 1. The van der Waals surface area contributed by atoms with E-state index in [1.807, 2.05) is 43.3 Å².